The predicted octanol–water partition coefficient (Wildman–Crippen LogP) is 3.68. The summed E-state index contributed by atoms with van der Waals surface area (Å²) in [7, 11) is 0. The van der Waals surface area contributed by atoms with Gasteiger partial charge in [0.1, 0.15) is 5.82 Å². The van der Waals surface area contributed by atoms with Crippen molar-refractivity contribution in [1.82, 2.24) is 4.90 Å². The molecule has 0 N–H and O–H groups in total. The normalized spacial score (nSPS) is 19.6. The molecule has 1 saturated heterocycles. The Morgan fingerprint density at radius 3 is 2.52 bits per heavy atom. The summed E-state index contributed by atoms with van der Waals surface area (Å²) in [5.41, 5.74) is 0.637. The molecule has 7 heteroatoms. The summed E-state index contributed by atoms with van der Waals surface area (Å²) in [6.45, 7) is 2.86. The first-order valence-electron chi connectivity index (χ1n) is 8.01. The van der Waals surface area contributed by atoms with Crippen molar-refractivity contribution in [2.24, 2.45) is 4.99 Å². The lowest BCUT2D eigenvalue weighted by Crippen LogP contribution is -2.48. The fourth-order valence-electron chi connectivity index (χ4n) is 2.88. The van der Waals surface area contributed by atoms with E-state index in [1.165, 1.54) is 17.8 Å². The smallest absolute Gasteiger partial charge is 0.286 e. The SMILES string of the molecule is O=C1N=C(N2CCN(c3ccccc3F)CC2)S/C1=C\c1cccs1. The average Bonchev–Trinajstić information content (AvgIpc) is 3.26. The van der Waals surface area contributed by atoms with Gasteiger partial charge in [-0.05, 0) is 41.4 Å². The number of thioether (sulfide) groups is 1. The number of amides is 1. The Kier molecular flexibility index (Phi) is 4.59. The molecular weight excluding hydrogens is 357 g/mol. The topological polar surface area (TPSA) is 35.9 Å². The van der Waals surface area contributed by atoms with Crippen molar-refractivity contribution in [3.8, 4) is 0 Å². The van der Waals surface area contributed by atoms with Gasteiger partial charge in [0.2, 0.25) is 0 Å². The Labute approximate surface area is 153 Å². The molecular formula is C18H16FN3OS2. The third-order valence-electron chi connectivity index (χ3n) is 4.17. The molecule has 0 unspecified atom stereocenters. The average molecular weight is 373 g/mol. The predicted molar refractivity (Wildman–Crippen MR) is 103 cm³/mol. The van der Waals surface area contributed by atoms with Crippen LogP contribution in [-0.2, 0) is 4.79 Å². The van der Waals surface area contributed by atoms with E-state index in [0.29, 0.717) is 23.7 Å². The van der Waals surface area contributed by atoms with Crippen molar-refractivity contribution in [3.63, 3.8) is 0 Å². The summed E-state index contributed by atoms with van der Waals surface area (Å²) in [5.74, 6) is -0.371. The third-order valence-corrected chi connectivity index (χ3v) is 6.03. The maximum absolute atomic E-state index is 13.9. The van der Waals surface area contributed by atoms with Crippen LogP contribution in [0.15, 0.2) is 51.7 Å². The Hall–Kier alpha value is -2.12. The van der Waals surface area contributed by atoms with Crippen LogP contribution in [-0.4, -0.2) is 42.2 Å². The zero-order chi connectivity index (χ0) is 17.2. The molecule has 4 rings (SSSR count). The zero-order valence-corrected chi connectivity index (χ0v) is 15.0. The van der Waals surface area contributed by atoms with Gasteiger partial charge in [-0.25, -0.2) is 4.39 Å². The standard InChI is InChI=1S/C18H16FN3OS2/c19-14-5-1-2-6-15(14)21-7-9-22(10-8-21)18-20-17(23)16(25-18)12-13-4-3-11-24-13/h1-6,11-12H,7-10H2/b16-12-. The van der Waals surface area contributed by atoms with Gasteiger partial charge < -0.3 is 9.80 Å². The van der Waals surface area contributed by atoms with Gasteiger partial charge >= 0.3 is 0 Å². The number of amidine groups is 1. The van der Waals surface area contributed by atoms with Gasteiger partial charge in [-0.2, -0.15) is 4.99 Å². The number of carbonyl (C=O) groups excluding carboxylic acids is 1. The number of para-hydroxylation sites is 1. The van der Waals surface area contributed by atoms with E-state index in [2.05, 4.69) is 9.89 Å². The zero-order valence-electron chi connectivity index (χ0n) is 13.4. The number of thiophene rings is 1. The summed E-state index contributed by atoms with van der Waals surface area (Å²) in [4.78, 5) is 22.2. The highest BCUT2D eigenvalue weighted by Gasteiger charge is 2.29. The first-order valence-corrected chi connectivity index (χ1v) is 9.71. The number of hydrogen-bond acceptors (Lipinski definition) is 5. The number of piperazine rings is 1. The van der Waals surface area contributed by atoms with Gasteiger partial charge in [0.15, 0.2) is 5.17 Å². The lowest BCUT2D eigenvalue weighted by molar-refractivity contribution is -0.113. The molecule has 0 atom stereocenters. The third kappa shape index (κ3) is 3.48. The number of benzene rings is 1. The van der Waals surface area contributed by atoms with Crippen LogP contribution in [0.5, 0.6) is 0 Å². The van der Waals surface area contributed by atoms with Crippen LogP contribution >= 0.6 is 23.1 Å². The summed E-state index contributed by atoms with van der Waals surface area (Å²) in [6.07, 6.45) is 1.89. The lowest BCUT2D eigenvalue weighted by Gasteiger charge is -2.36. The van der Waals surface area contributed by atoms with Crippen LogP contribution in [0.3, 0.4) is 0 Å². The fraction of sp³-hybridized carbons (Fsp3) is 0.222. The Bertz CT molecular complexity index is 840. The number of rotatable bonds is 2. The molecule has 2 aromatic rings. The minimum Gasteiger partial charge on any atom is -0.366 e. The van der Waals surface area contributed by atoms with E-state index in [1.54, 1.807) is 23.5 Å². The minimum atomic E-state index is -0.195. The Morgan fingerprint density at radius 2 is 1.80 bits per heavy atom. The largest absolute Gasteiger partial charge is 0.366 e. The van der Waals surface area contributed by atoms with Crippen molar-refractivity contribution >= 4 is 45.9 Å². The van der Waals surface area contributed by atoms with E-state index in [1.807, 2.05) is 34.6 Å². The van der Waals surface area contributed by atoms with Gasteiger partial charge in [0.05, 0.1) is 10.6 Å². The first-order chi connectivity index (χ1) is 12.2. The van der Waals surface area contributed by atoms with Crippen molar-refractivity contribution in [1.29, 1.82) is 0 Å². The second-order valence-corrected chi connectivity index (χ2v) is 7.74. The van der Waals surface area contributed by atoms with Gasteiger partial charge in [-0.15, -0.1) is 11.3 Å². The van der Waals surface area contributed by atoms with Crippen LogP contribution in [0.2, 0.25) is 0 Å². The van der Waals surface area contributed by atoms with Crippen LogP contribution in [0.1, 0.15) is 4.88 Å². The van der Waals surface area contributed by atoms with Gasteiger partial charge in [0.25, 0.3) is 5.91 Å². The molecule has 25 heavy (non-hydrogen) atoms. The highest BCUT2D eigenvalue weighted by Crippen LogP contribution is 2.32. The molecule has 2 aliphatic rings. The first kappa shape index (κ1) is 16.4. The van der Waals surface area contributed by atoms with Crippen LogP contribution in [0.25, 0.3) is 6.08 Å². The molecule has 0 bridgehead atoms. The van der Waals surface area contributed by atoms with Crippen molar-refractivity contribution < 1.29 is 9.18 Å². The monoisotopic (exact) mass is 373 g/mol. The number of nitrogens with zero attached hydrogens (tertiary/aromatic N) is 3. The molecule has 0 radical (unpaired) electrons. The highest BCUT2D eigenvalue weighted by atomic mass is 32.2. The van der Waals surface area contributed by atoms with E-state index in [9.17, 15) is 9.18 Å². The molecule has 1 fully saturated rings. The molecule has 128 valence electrons. The van der Waals surface area contributed by atoms with E-state index in [-0.39, 0.29) is 11.7 Å². The summed E-state index contributed by atoms with van der Waals surface area (Å²) >= 11 is 3.02. The Balaban J connectivity index is 1.41. The van der Waals surface area contributed by atoms with Crippen LogP contribution < -0.4 is 4.90 Å². The quantitative estimate of drug-likeness (QED) is 0.753. The van der Waals surface area contributed by atoms with E-state index >= 15 is 0 Å². The van der Waals surface area contributed by atoms with E-state index < -0.39 is 0 Å². The summed E-state index contributed by atoms with van der Waals surface area (Å²) in [6, 6.07) is 10.8. The second kappa shape index (κ2) is 7.01. The van der Waals surface area contributed by atoms with Crippen LogP contribution in [0, 0.1) is 5.82 Å². The van der Waals surface area contributed by atoms with Crippen molar-refractivity contribution in [2.75, 3.05) is 31.1 Å². The molecule has 0 saturated carbocycles. The molecule has 0 aliphatic carbocycles. The second-order valence-electron chi connectivity index (χ2n) is 5.75. The number of hydrogen-bond donors (Lipinski definition) is 0. The van der Waals surface area contributed by atoms with Gasteiger partial charge in [-0.3, -0.25) is 4.79 Å². The molecule has 3 heterocycles. The highest BCUT2D eigenvalue weighted by molar-refractivity contribution is 8.18. The molecule has 0 spiro atoms. The fourth-order valence-corrected chi connectivity index (χ4v) is 4.57. The number of anilines is 1. The minimum absolute atomic E-state index is 0.176. The maximum atomic E-state index is 13.9. The van der Waals surface area contributed by atoms with E-state index in [0.717, 1.165) is 23.1 Å². The maximum Gasteiger partial charge on any atom is 0.286 e. The molecule has 1 amide bonds. The molecule has 1 aromatic heterocycles. The molecule has 2 aliphatic heterocycles. The summed E-state index contributed by atoms with van der Waals surface area (Å²) in [5, 5.41) is 2.74. The molecule has 1 aromatic carbocycles. The van der Waals surface area contributed by atoms with Crippen LogP contribution in [0.4, 0.5) is 10.1 Å². The van der Waals surface area contributed by atoms with Gasteiger partial charge in [-0.1, -0.05) is 18.2 Å². The number of carbonyl (C=O) groups is 1. The molecule has 4 nitrogen and oxygen atoms in total. The van der Waals surface area contributed by atoms with Crippen molar-refractivity contribution in [3.05, 3.63) is 57.4 Å². The van der Waals surface area contributed by atoms with E-state index in [4.69, 9.17) is 0 Å². The van der Waals surface area contributed by atoms with Crippen molar-refractivity contribution in [2.45, 2.75) is 0 Å². The lowest BCUT2D eigenvalue weighted by atomic mass is 10.2. The summed E-state index contributed by atoms with van der Waals surface area (Å²) < 4.78 is 13.9. The Morgan fingerprint density at radius 1 is 1.04 bits per heavy atom. The number of aliphatic imine (C=N–C) groups is 1. The van der Waals surface area contributed by atoms with Gasteiger partial charge in [0, 0.05) is 31.1 Å². The number of halogens is 1.